The van der Waals surface area contributed by atoms with Crippen LogP contribution in [0.5, 0.6) is 0 Å². The van der Waals surface area contributed by atoms with E-state index in [9.17, 15) is 4.39 Å². The van der Waals surface area contributed by atoms with E-state index >= 15 is 0 Å². The second kappa shape index (κ2) is 2.64. The van der Waals surface area contributed by atoms with E-state index in [1.165, 1.54) is 0 Å². The Morgan fingerprint density at radius 3 is 2.83 bits per heavy atom. The maximum atomic E-state index is 13.0. The monoisotopic (exact) mass is 199 g/mol. The summed E-state index contributed by atoms with van der Waals surface area (Å²) in [6, 6.07) is 5.36. The molecule has 2 aromatic rings. The topological polar surface area (TPSA) is 26.0 Å². The fourth-order valence-corrected chi connectivity index (χ4v) is 2.35. The van der Waals surface area contributed by atoms with Crippen LogP contribution in [0.15, 0.2) is 23.1 Å². The lowest BCUT2D eigenvalue weighted by molar-refractivity contribution is 0.636. The van der Waals surface area contributed by atoms with Crippen molar-refractivity contribution in [2.75, 3.05) is 5.73 Å². The Morgan fingerprint density at radius 1 is 1.42 bits per heavy atom. The average molecular weight is 199 g/mol. The van der Waals surface area contributed by atoms with Crippen LogP contribution in [0.2, 0.25) is 0 Å². The number of thiophene rings is 1. The third-order valence-electron chi connectivity index (χ3n) is 1.68. The number of thiol groups is 1. The minimum Gasteiger partial charge on any atom is -0.398 e. The molecule has 0 spiro atoms. The van der Waals surface area contributed by atoms with E-state index in [1.807, 2.05) is 6.07 Å². The fourth-order valence-electron chi connectivity index (χ4n) is 1.10. The molecular formula is C8H6FNS2. The van der Waals surface area contributed by atoms with E-state index in [0.29, 0.717) is 10.6 Å². The molecule has 0 saturated carbocycles. The van der Waals surface area contributed by atoms with Gasteiger partial charge in [-0.2, -0.15) is 4.39 Å². The van der Waals surface area contributed by atoms with E-state index in [1.54, 1.807) is 12.1 Å². The third-order valence-corrected chi connectivity index (χ3v) is 3.31. The van der Waals surface area contributed by atoms with Gasteiger partial charge in [-0.05, 0) is 6.07 Å². The Labute approximate surface area is 78.4 Å². The highest BCUT2D eigenvalue weighted by molar-refractivity contribution is 7.80. The number of nitrogens with two attached hydrogens (primary N) is 1. The summed E-state index contributed by atoms with van der Waals surface area (Å²) in [5, 5.41) is 0.520. The van der Waals surface area contributed by atoms with Crippen LogP contribution in [0.1, 0.15) is 0 Å². The largest absolute Gasteiger partial charge is 0.398 e. The fraction of sp³-hybridized carbons (Fsp3) is 0. The first-order valence-corrected chi connectivity index (χ1v) is 4.62. The number of hydrogen-bond donors (Lipinski definition) is 2. The molecule has 2 N–H and O–H groups in total. The van der Waals surface area contributed by atoms with Crippen molar-refractivity contribution in [1.82, 2.24) is 0 Å². The Morgan fingerprint density at radius 2 is 2.17 bits per heavy atom. The van der Waals surface area contributed by atoms with E-state index in [0.717, 1.165) is 21.4 Å². The molecule has 1 heterocycles. The molecular weight excluding hydrogens is 193 g/mol. The van der Waals surface area contributed by atoms with E-state index in [2.05, 4.69) is 12.6 Å². The van der Waals surface area contributed by atoms with Gasteiger partial charge in [0, 0.05) is 11.1 Å². The number of anilines is 1. The number of halogens is 1. The smallest absolute Gasteiger partial charge is 0.191 e. The molecule has 1 aromatic heterocycles. The molecule has 62 valence electrons. The van der Waals surface area contributed by atoms with Gasteiger partial charge >= 0.3 is 0 Å². The zero-order valence-electron chi connectivity index (χ0n) is 6.04. The SMILES string of the molecule is Nc1cccc2c(S)c(F)sc12. The van der Waals surface area contributed by atoms with Crippen LogP contribution in [0.3, 0.4) is 0 Å². The van der Waals surface area contributed by atoms with E-state index in [4.69, 9.17) is 5.73 Å². The summed E-state index contributed by atoms with van der Waals surface area (Å²) in [5.41, 5.74) is 6.26. The van der Waals surface area contributed by atoms with Crippen LogP contribution < -0.4 is 5.73 Å². The maximum absolute atomic E-state index is 13.0. The molecule has 1 nitrogen and oxygen atoms in total. The first-order chi connectivity index (χ1) is 5.70. The number of rotatable bonds is 0. The maximum Gasteiger partial charge on any atom is 0.191 e. The molecule has 0 aliphatic rings. The lowest BCUT2D eigenvalue weighted by Gasteiger charge is -1.93. The first-order valence-electron chi connectivity index (χ1n) is 3.35. The predicted molar refractivity (Wildman–Crippen MR) is 53.4 cm³/mol. The summed E-state index contributed by atoms with van der Waals surface area (Å²) in [7, 11) is 0. The van der Waals surface area contributed by atoms with Crippen LogP contribution >= 0.6 is 24.0 Å². The Balaban J connectivity index is 2.95. The molecule has 2 rings (SSSR count). The third kappa shape index (κ3) is 0.990. The molecule has 0 atom stereocenters. The molecule has 0 unspecified atom stereocenters. The molecule has 0 radical (unpaired) electrons. The van der Waals surface area contributed by atoms with Crippen molar-refractivity contribution in [1.29, 1.82) is 0 Å². The highest BCUT2D eigenvalue weighted by Gasteiger charge is 2.09. The average Bonchev–Trinajstić information content (AvgIpc) is 2.32. The molecule has 12 heavy (non-hydrogen) atoms. The standard InChI is InChI=1S/C8H6FNS2/c9-8-6(11)4-2-1-3-5(10)7(4)12-8/h1-3,11H,10H2. The van der Waals surface area contributed by atoms with Crippen LogP contribution in [0, 0.1) is 5.13 Å². The van der Waals surface area contributed by atoms with Crippen molar-refractivity contribution in [2.45, 2.75) is 4.90 Å². The number of nitrogen functional groups attached to an aromatic ring is 1. The van der Waals surface area contributed by atoms with Gasteiger partial charge in [-0.25, -0.2) is 0 Å². The summed E-state index contributed by atoms with van der Waals surface area (Å²) < 4.78 is 13.8. The summed E-state index contributed by atoms with van der Waals surface area (Å²) >= 11 is 5.08. The Bertz CT molecular complexity index is 436. The second-order valence-electron chi connectivity index (χ2n) is 2.45. The predicted octanol–water partition coefficient (Wildman–Crippen LogP) is 2.91. The van der Waals surface area contributed by atoms with Gasteiger partial charge in [0.05, 0.1) is 9.60 Å². The van der Waals surface area contributed by atoms with Crippen molar-refractivity contribution in [3.63, 3.8) is 0 Å². The molecule has 1 aromatic carbocycles. The minimum atomic E-state index is -0.272. The summed E-state index contributed by atoms with van der Waals surface area (Å²) in [4.78, 5) is 0.391. The second-order valence-corrected chi connectivity index (χ2v) is 3.87. The van der Waals surface area contributed by atoms with Crippen LogP contribution in [-0.4, -0.2) is 0 Å². The molecule has 0 bridgehead atoms. The molecule has 4 heteroatoms. The van der Waals surface area contributed by atoms with Crippen molar-refractivity contribution in [2.24, 2.45) is 0 Å². The van der Waals surface area contributed by atoms with Crippen molar-refractivity contribution in [3.8, 4) is 0 Å². The number of hydrogen-bond acceptors (Lipinski definition) is 3. The molecule has 0 aliphatic carbocycles. The molecule has 0 aliphatic heterocycles. The molecule has 0 amide bonds. The van der Waals surface area contributed by atoms with Gasteiger partial charge in [0.15, 0.2) is 5.13 Å². The van der Waals surface area contributed by atoms with Crippen molar-refractivity contribution < 1.29 is 4.39 Å². The summed E-state index contributed by atoms with van der Waals surface area (Å²) in [6.07, 6.45) is 0. The zero-order chi connectivity index (χ0) is 8.72. The summed E-state index contributed by atoms with van der Waals surface area (Å²) in [5.74, 6) is 0. The van der Waals surface area contributed by atoms with Gasteiger partial charge in [-0.1, -0.05) is 12.1 Å². The Hall–Kier alpha value is -0.740. The van der Waals surface area contributed by atoms with Crippen LogP contribution in [0.25, 0.3) is 10.1 Å². The molecule has 0 saturated heterocycles. The Kier molecular flexibility index (Phi) is 1.73. The van der Waals surface area contributed by atoms with E-state index in [-0.39, 0.29) is 5.13 Å². The van der Waals surface area contributed by atoms with Gasteiger partial charge in [0.2, 0.25) is 0 Å². The van der Waals surface area contributed by atoms with Crippen molar-refractivity contribution >= 4 is 39.7 Å². The highest BCUT2D eigenvalue weighted by atomic mass is 32.1. The van der Waals surface area contributed by atoms with Gasteiger partial charge in [0.1, 0.15) is 0 Å². The van der Waals surface area contributed by atoms with Crippen molar-refractivity contribution in [3.05, 3.63) is 23.3 Å². The first kappa shape index (κ1) is 7.89. The minimum absolute atomic E-state index is 0.272. The highest BCUT2D eigenvalue weighted by Crippen LogP contribution is 2.35. The van der Waals surface area contributed by atoms with Crippen LogP contribution in [0.4, 0.5) is 10.1 Å². The quantitative estimate of drug-likeness (QED) is 0.495. The van der Waals surface area contributed by atoms with Gasteiger partial charge in [0.25, 0.3) is 0 Å². The molecule has 0 fully saturated rings. The number of benzene rings is 1. The van der Waals surface area contributed by atoms with Gasteiger partial charge in [-0.3, -0.25) is 0 Å². The van der Waals surface area contributed by atoms with Crippen LogP contribution in [-0.2, 0) is 0 Å². The van der Waals surface area contributed by atoms with Gasteiger partial charge < -0.3 is 5.73 Å². The summed E-state index contributed by atoms with van der Waals surface area (Å²) in [6.45, 7) is 0. The van der Waals surface area contributed by atoms with E-state index < -0.39 is 0 Å². The van der Waals surface area contributed by atoms with Gasteiger partial charge in [-0.15, -0.1) is 24.0 Å². The number of fused-ring (bicyclic) bond motifs is 1. The normalized spacial score (nSPS) is 10.8. The zero-order valence-corrected chi connectivity index (χ0v) is 7.75. The lowest BCUT2D eigenvalue weighted by atomic mass is 10.2. The lowest BCUT2D eigenvalue weighted by Crippen LogP contribution is -1.82.